The van der Waals surface area contributed by atoms with Gasteiger partial charge in [0.15, 0.2) is 10.2 Å². The van der Waals surface area contributed by atoms with Gasteiger partial charge in [-0.25, -0.2) is 4.98 Å². The minimum Gasteiger partial charge on any atom is -0.338 e. The van der Waals surface area contributed by atoms with Crippen LogP contribution < -0.4 is 0 Å². The van der Waals surface area contributed by atoms with Gasteiger partial charge in [-0.2, -0.15) is 4.98 Å². The molecule has 0 saturated heterocycles. The summed E-state index contributed by atoms with van der Waals surface area (Å²) in [5, 5.41) is 4.74. The highest BCUT2D eigenvalue weighted by molar-refractivity contribution is 8.00. The Morgan fingerprint density at radius 1 is 1.08 bits per heavy atom. The van der Waals surface area contributed by atoms with Crippen LogP contribution in [-0.2, 0) is 12.2 Å². The molecule has 0 aliphatic carbocycles. The Labute approximate surface area is 151 Å². The smallest absolute Gasteiger partial charge is 0.237 e. The number of aromatic nitrogens is 3. The maximum absolute atomic E-state index is 5.99. The minimum absolute atomic E-state index is 0.606. The first-order valence-corrected chi connectivity index (χ1v) is 9.48. The summed E-state index contributed by atoms with van der Waals surface area (Å²) in [4.78, 5) is 9.02. The number of rotatable bonds is 5. The zero-order valence-electron chi connectivity index (χ0n) is 12.5. The van der Waals surface area contributed by atoms with Gasteiger partial charge in [-0.3, -0.25) is 0 Å². The summed E-state index contributed by atoms with van der Waals surface area (Å²) in [7, 11) is 0. The van der Waals surface area contributed by atoms with E-state index in [1.807, 2.05) is 36.4 Å². The number of fused-ring (bicyclic) bond motifs is 1. The van der Waals surface area contributed by atoms with Crippen molar-refractivity contribution < 1.29 is 4.52 Å². The Morgan fingerprint density at radius 2 is 1.96 bits per heavy atom. The predicted octanol–water partition coefficient (Wildman–Crippen LogP) is 5.22. The standard InChI is InChI=1S/C17H12ClN3OS2/c18-12-6-7-14-13(9-12)19-17(24-14)23-10-16-20-15(21-22-16)8-11-4-2-1-3-5-11/h1-7,9H,8,10H2. The fourth-order valence-corrected chi connectivity index (χ4v) is 4.32. The van der Waals surface area contributed by atoms with Gasteiger partial charge in [0.2, 0.25) is 5.89 Å². The molecule has 0 N–H and O–H groups in total. The van der Waals surface area contributed by atoms with E-state index in [0.717, 1.165) is 14.6 Å². The van der Waals surface area contributed by atoms with Gasteiger partial charge >= 0.3 is 0 Å². The number of nitrogens with zero attached hydrogens (tertiary/aromatic N) is 3. The van der Waals surface area contributed by atoms with Crippen molar-refractivity contribution in [1.82, 2.24) is 15.1 Å². The van der Waals surface area contributed by atoms with Gasteiger partial charge in [0.1, 0.15) is 0 Å². The summed E-state index contributed by atoms with van der Waals surface area (Å²) in [6, 6.07) is 15.9. The van der Waals surface area contributed by atoms with Gasteiger partial charge in [-0.1, -0.05) is 58.9 Å². The van der Waals surface area contributed by atoms with Crippen LogP contribution in [0.3, 0.4) is 0 Å². The third kappa shape index (κ3) is 3.61. The topological polar surface area (TPSA) is 51.8 Å². The molecular formula is C17H12ClN3OS2. The Morgan fingerprint density at radius 3 is 2.83 bits per heavy atom. The molecule has 7 heteroatoms. The molecule has 4 aromatic rings. The van der Waals surface area contributed by atoms with Gasteiger partial charge in [0.25, 0.3) is 0 Å². The normalized spacial score (nSPS) is 11.2. The Kier molecular flexibility index (Phi) is 4.51. The first kappa shape index (κ1) is 15.6. The molecule has 0 bridgehead atoms. The van der Waals surface area contributed by atoms with E-state index in [1.165, 1.54) is 5.56 Å². The molecule has 4 nitrogen and oxygen atoms in total. The van der Waals surface area contributed by atoms with Crippen molar-refractivity contribution in [3.8, 4) is 0 Å². The summed E-state index contributed by atoms with van der Waals surface area (Å²) in [6.45, 7) is 0. The van der Waals surface area contributed by atoms with Crippen molar-refractivity contribution in [1.29, 1.82) is 0 Å². The maximum Gasteiger partial charge on any atom is 0.237 e. The van der Waals surface area contributed by atoms with Gasteiger partial charge in [-0.05, 0) is 23.8 Å². The van der Waals surface area contributed by atoms with Crippen LogP contribution in [0.1, 0.15) is 17.3 Å². The van der Waals surface area contributed by atoms with Crippen LogP contribution in [-0.4, -0.2) is 15.1 Å². The lowest BCUT2D eigenvalue weighted by atomic mass is 10.1. The number of thiazole rings is 1. The molecule has 2 heterocycles. The van der Waals surface area contributed by atoms with Gasteiger partial charge in [-0.15, -0.1) is 11.3 Å². The lowest BCUT2D eigenvalue weighted by Crippen LogP contribution is -1.90. The molecule has 120 valence electrons. The van der Waals surface area contributed by atoms with E-state index < -0.39 is 0 Å². The highest BCUT2D eigenvalue weighted by atomic mass is 35.5. The molecule has 0 spiro atoms. The number of thioether (sulfide) groups is 1. The van der Waals surface area contributed by atoms with Crippen molar-refractivity contribution >= 4 is 44.9 Å². The summed E-state index contributed by atoms with van der Waals surface area (Å²) in [5.74, 6) is 1.92. The Balaban J connectivity index is 1.42. The van der Waals surface area contributed by atoms with Crippen molar-refractivity contribution in [3.05, 3.63) is 70.8 Å². The summed E-state index contributed by atoms with van der Waals surface area (Å²) in [5.41, 5.74) is 2.09. The molecule has 0 amide bonds. The SMILES string of the molecule is Clc1ccc2sc(SCc3nc(Cc4ccccc4)no3)nc2c1. The molecule has 0 saturated carbocycles. The average molecular weight is 374 g/mol. The second-order valence-corrected chi connectivity index (χ2v) is 7.84. The molecule has 2 aromatic heterocycles. The molecular weight excluding hydrogens is 362 g/mol. The monoisotopic (exact) mass is 373 g/mol. The quantitative estimate of drug-likeness (QED) is 0.449. The molecule has 0 atom stereocenters. The van der Waals surface area contributed by atoms with Crippen LogP contribution in [0.15, 0.2) is 57.4 Å². The predicted molar refractivity (Wildman–Crippen MR) is 97.7 cm³/mol. The Bertz CT molecular complexity index is 968. The summed E-state index contributed by atoms with van der Waals surface area (Å²) >= 11 is 9.23. The molecule has 0 unspecified atom stereocenters. The van der Waals surface area contributed by atoms with Crippen molar-refractivity contribution in [2.45, 2.75) is 16.5 Å². The zero-order chi connectivity index (χ0) is 16.4. The largest absolute Gasteiger partial charge is 0.338 e. The van der Waals surface area contributed by atoms with Crippen LogP contribution in [0.5, 0.6) is 0 Å². The van der Waals surface area contributed by atoms with Crippen LogP contribution in [0.4, 0.5) is 0 Å². The molecule has 0 aliphatic heterocycles. The van der Waals surface area contributed by atoms with E-state index >= 15 is 0 Å². The van der Waals surface area contributed by atoms with Gasteiger partial charge in [0.05, 0.1) is 16.0 Å². The molecule has 4 rings (SSSR count). The van der Waals surface area contributed by atoms with E-state index in [0.29, 0.717) is 28.9 Å². The van der Waals surface area contributed by atoms with Gasteiger partial charge < -0.3 is 4.52 Å². The molecule has 0 radical (unpaired) electrons. The number of hydrogen-bond acceptors (Lipinski definition) is 6. The van der Waals surface area contributed by atoms with Crippen molar-refractivity contribution in [2.24, 2.45) is 0 Å². The van der Waals surface area contributed by atoms with E-state index in [9.17, 15) is 0 Å². The van der Waals surface area contributed by atoms with Crippen molar-refractivity contribution in [2.75, 3.05) is 0 Å². The highest BCUT2D eigenvalue weighted by Gasteiger charge is 2.10. The second kappa shape index (κ2) is 6.93. The van der Waals surface area contributed by atoms with Crippen LogP contribution in [0.25, 0.3) is 10.2 Å². The number of halogens is 1. The number of hydrogen-bond donors (Lipinski definition) is 0. The first-order valence-electron chi connectivity index (χ1n) is 7.30. The molecule has 24 heavy (non-hydrogen) atoms. The lowest BCUT2D eigenvalue weighted by molar-refractivity contribution is 0.386. The lowest BCUT2D eigenvalue weighted by Gasteiger charge is -1.94. The fraction of sp³-hybridized carbons (Fsp3) is 0.118. The van der Waals surface area contributed by atoms with E-state index in [-0.39, 0.29) is 0 Å². The summed E-state index contributed by atoms with van der Waals surface area (Å²) < 4.78 is 7.42. The molecule has 0 fully saturated rings. The fourth-order valence-electron chi connectivity index (χ4n) is 2.26. The first-order chi connectivity index (χ1) is 11.8. The van der Waals surface area contributed by atoms with Crippen LogP contribution in [0, 0.1) is 0 Å². The average Bonchev–Trinajstić information content (AvgIpc) is 3.20. The van der Waals surface area contributed by atoms with E-state index in [4.69, 9.17) is 16.1 Å². The second-order valence-electron chi connectivity index (χ2n) is 5.15. The third-order valence-electron chi connectivity index (χ3n) is 3.36. The zero-order valence-corrected chi connectivity index (χ0v) is 14.9. The van der Waals surface area contributed by atoms with Crippen LogP contribution >= 0.6 is 34.7 Å². The van der Waals surface area contributed by atoms with E-state index in [2.05, 4.69) is 27.3 Å². The third-order valence-corrected chi connectivity index (χ3v) is 5.76. The highest BCUT2D eigenvalue weighted by Crippen LogP contribution is 2.32. The molecule has 0 aliphatic rings. The van der Waals surface area contributed by atoms with E-state index in [1.54, 1.807) is 23.1 Å². The van der Waals surface area contributed by atoms with Gasteiger partial charge in [0, 0.05) is 11.4 Å². The number of benzene rings is 2. The van der Waals surface area contributed by atoms with Crippen molar-refractivity contribution in [3.63, 3.8) is 0 Å². The summed E-state index contributed by atoms with van der Waals surface area (Å²) in [6.07, 6.45) is 0.675. The molecule has 2 aromatic carbocycles. The Hall–Kier alpha value is -1.89. The van der Waals surface area contributed by atoms with Crippen LogP contribution in [0.2, 0.25) is 5.02 Å². The minimum atomic E-state index is 0.606. The maximum atomic E-state index is 5.99.